The third kappa shape index (κ3) is 3.94. The number of hydrogen-bond acceptors (Lipinski definition) is 3. The van der Waals surface area contributed by atoms with Crippen molar-refractivity contribution in [1.82, 2.24) is 5.32 Å². The van der Waals surface area contributed by atoms with Crippen molar-refractivity contribution in [2.24, 2.45) is 5.73 Å². The maximum Gasteiger partial charge on any atom is 0.251 e. The summed E-state index contributed by atoms with van der Waals surface area (Å²) in [4.78, 5) is 13.4. The number of nitrogens with one attached hydrogen (secondary N) is 1. The van der Waals surface area contributed by atoms with E-state index in [1.165, 1.54) is 0 Å². The lowest BCUT2D eigenvalue weighted by Gasteiger charge is -2.12. The van der Waals surface area contributed by atoms with E-state index in [-0.39, 0.29) is 11.9 Å². The second-order valence-corrected chi connectivity index (χ2v) is 5.73. The predicted molar refractivity (Wildman–Crippen MR) is 87.3 cm³/mol. The molecule has 1 aromatic carbocycles. The van der Waals surface area contributed by atoms with Crippen LogP contribution < -0.4 is 11.1 Å². The zero-order chi connectivity index (χ0) is 15.2. The van der Waals surface area contributed by atoms with Crippen LogP contribution in [0.3, 0.4) is 0 Å². The van der Waals surface area contributed by atoms with Gasteiger partial charge in [-0.25, -0.2) is 0 Å². The van der Waals surface area contributed by atoms with Crippen LogP contribution in [0.4, 0.5) is 0 Å². The zero-order valence-corrected chi connectivity index (χ0v) is 13.0. The Morgan fingerprint density at radius 3 is 2.86 bits per heavy atom. The standard InChI is InChI=1S/C17H18N2OS/c1-12-11-15(8-7-14(12)5-3-9-18)17(20)19-13(2)16-6-4-10-21-16/h4,6-8,10-11,13H,9,18H2,1-2H3,(H,19,20). The van der Waals surface area contributed by atoms with E-state index in [1.54, 1.807) is 17.4 Å². The summed E-state index contributed by atoms with van der Waals surface area (Å²) in [7, 11) is 0. The van der Waals surface area contributed by atoms with Gasteiger partial charge in [-0.15, -0.1) is 11.3 Å². The average molecular weight is 298 g/mol. The van der Waals surface area contributed by atoms with Crippen LogP contribution in [-0.2, 0) is 0 Å². The highest BCUT2D eigenvalue weighted by atomic mass is 32.1. The summed E-state index contributed by atoms with van der Waals surface area (Å²) in [6.45, 7) is 4.26. The number of aryl methyl sites for hydroxylation is 1. The summed E-state index contributed by atoms with van der Waals surface area (Å²) >= 11 is 1.64. The lowest BCUT2D eigenvalue weighted by atomic mass is 10.0. The van der Waals surface area contributed by atoms with Gasteiger partial charge in [-0.05, 0) is 49.1 Å². The lowest BCUT2D eigenvalue weighted by Crippen LogP contribution is -2.26. The summed E-state index contributed by atoms with van der Waals surface area (Å²) in [5, 5.41) is 5.01. The van der Waals surface area contributed by atoms with Crippen LogP contribution in [0.5, 0.6) is 0 Å². The van der Waals surface area contributed by atoms with E-state index in [2.05, 4.69) is 17.2 Å². The Bertz CT molecular complexity index is 681. The number of carbonyl (C=O) groups is 1. The molecule has 1 aromatic heterocycles. The van der Waals surface area contributed by atoms with Crippen molar-refractivity contribution in [1.29, 1.82) is 0 Å². The molecule has 1 heterocycles. The Kier molecular flexibility index (Phi) is 5.15. The second kappa shape index (κ2) is 7.07. The van der Waals surface area contributed by atoms with Crippen LogP contribution in [0.1, 0.15) is 39.3 Å². The third-order valence-corrected chi connectivity index (χ3v) is 4.19. The molecule has 0 radical (unpaired) electrons. The first-order valence-corrected chi connectivity index (χ1v) is 7.63. The van der Waals surface area contributed by atoms with Gasteiger partial charge in [-0.3, -0.25) is 4.79 Å². The first-order chi connectivity index (χ1) is 10.1. The van der Waals surface area contributed by atoms with Crippen LogP contribution in [0.2, 0.25) is 0 Å². The molecule has 2 aromatic rings. The Labute approximate surface area is 129 Å². The van der Waals surface area contributed by atoms with E-state index in [4.69, 9.17) is 5.73 Å². The van der Waals surface area contributed by atoms with Crippen LogP contribution in [-0.4, -0.2) is 12.5 Å². The monoisotopic (exact) mass is 298 g/mol. The summed E-state index contributed by atoms with van der Waals surface area (Å²) in [6.07, 6.45) is 0. The first-order valence-electron chi connectivity index (χ1n) is 6.75. The minimum absolute atomic E-state index is 0.00881. The molecule has 0 bridgehead atoms. The number of benzene rings is 1. The topological polar surface area (TPSA) is 55.1 Å². The maximum absolute atomic E-state index is 12.3. The van der Waals surface area contributed by atoms with E-state index >= 15 is 0 Å². The average Bonchev–Trinajstić information content (AvgIpc) is 3.00. The number of rotatable bonds is 3. The van der Waals surface area contributed by atoms with E-state index in [0.29, 0.717) is 12.1 Å². The van der Waals surface area contributed by atoms with Gasteiger partial charge in [0.15, 0.2) is 0 Å². The minimum Gasteiger partial charge on any atom is -0.345 e. The van der Waals surface area contributed by atoms with E-state index < -0.39 is 0 Å². The van der Waals surface area contributed by atoms with Gasteiger partial charge in [0.05, 0.1) is 12.6 Å². The van der Waals surface area contributed by atoms with Crippen molar-refractivity contribution < 1.29 is 4.79 Å². The molecule has 0 fully saturated rings. The number of amides is 1. The molecule has 3 N–H and O–H groups in total. The molecule has 2 rings (SSSR count). The fraction of sp³-hybridized carbons (Fsp3) is 0.235. The molecular weight excluding hydrogens is 280 g/mol. The predicted octanol–water partition coefficient (Wildman–Crippen LogP) is 2.86. The van der Waals surface area contributed by atoms with Crippen molar-refractivity contribution in [3.05, 3.63) is 57.3 Å². The van der Waals surface area contributed by atoms with Crippen molar-refractivity contribution in [2.75, 3.05) is 6.54 Å². The maximum atomic E-state index is 12.3. The zero-order valence-electron chi connectivity index (χ0n) is 12.1. The summed E-state index contributed by atoms with van der Waals surface area (Å²) in [5.74, 6) is 5.75. The van der Waals surface area contributed by atoms with E-state index in [9.17, 15) is 4.79 Å². The van der Waals surface area contributed by atoms with Crippen LogP contribution in [0.25, 0.3) is 0 Å². The highest BCUT2D eigenvalue weighted by molar-refractivity contribution is 7.10. The number of thiophene rings is 1. The largest absolute Gasteiger partial charge is 0.345 e. The van der Waals surface area contributed by atoms with Gasteiger partial charge in [0.2, 0.25) is 0 Å². The van der Waals surface area contributed by atoms with Gasteiger partial charge in [0.1, 0.15) is 0 Å². The fourth-order valence-corrected chi connectivity index (χ4v) is 2.71. The van der Waals surface area contributed by atoms with Gasteiger partial charge >= 0.3 is 0 Å². The van der Waals surface area contributed by atoms with Crippen molar-refractivity contribution in [3.8, 4) is 11.8 Å². The molecule has 3 nitrogen and oxygen atoms in total. The summed E-state index contributed by atoms with van der Waals surface area (Å²) in [6, 6.07) is 9.53. The Morgan fingerprint density at radius 1 is 1.43 bits per heavy atom. The molecule has 0 aliphatic carbocycles. The molecule has 0 aliphatic rings. The molecule has 0 aliphatic heterocycles. The van der Waals surface area contributed by atoms with Crippen molar-refractivity contribution in [3.63, 3.8) is 0 Å². The van der Waals surface area contributed by atoms with Crippen LogP contribution in [0, 0.1) is 18.8 Å². The summed E-state index contributed by atoms with van der Waals surface area (Å²) < 4.78 is 0. The second-order valence-electron chi connectivity index (χ2n) is 4.75. The molecule has 108 valence electrons. The van der Waals surface area contributed by atoms with E-state index in [0.717, 1.165) is 16.0 Å². The molecule has 1 amide bonds. The van der Waals surface area contributed by atoms with Gasteiger partial charge < -0.3 is 11.1 Å². The first kappa shape index (κ1) is 15.3. The highest BCUT2D eigenvalue weighted by Gasteiger charge is 2.12. The molecule has 0 saturated carbocycles. The molecular formula is C17H18N2OS. The van der Waals surface area contributed by atoms with Gasteiger partial charge in [0.25, 0.3) is 5.91 Å². The van der Waals surface area contributed by atoms with Crippen molar-refractivity contribution >= 4 is 17.2 Å². The summed E-state index contributed by atoms with van der Waals surface area (Å²) in [5.41, 5.74) is 7.90. The fourth-order valence-electron chi connectivity index (χ4n) is 1.98. The van der Waals surface area contributed by atoms with Gasteiger partial charge in [0, 0.05) is 16.0 Å². The normalized spacial score (nSPS) is 11.4. The molecule has 0 saturated heterocycles. The number of carbonyl (C=O) groups excluding carboxylic acids is 1. The molecule has 0 spiro atoms. The van der Waals surface area contributed by atoms with Crippen LogP contribution >= 0.6 is 11.3 Å². The number of hydrogen-bond donors (Lipinski definition) is 2. The van der Waals surface area contributed by atoms with Gasteiger partial charge in [-0.1, -0.05) is 17.9 Å². The Hall–Kier alpha value is -2.09. The molecule has 21 heavy (non-hydrogen) atoms. The Morgan fingerprint density at radius 2 is 2.24 bits per heavy atom. The number of nitrogens with two attached hydrogens (primary N) is 1. The molecule has 1 atom stereocenters. The highest BCUT2D eigenvalue weighted by Crippen LogP contribution is 2.19. The third-order valence-electron chi connectivity index (χ3n) is 3.13. The van der Waals surface area contributed by atoms with Gasteiger partial charge in [-0.2, -0.15) is 0 Å². The Balaban J connectivity index is 2.11. The molecule has 4 heteroatoms. The lowest BCUT2D eigenvalue weighted by molar-refractivity contribution is 0.0940. The minimum atomic E-state index is -0.0719. The SMILES string of the molecule is Cc1cc(C(=O)NC(C)c2cccs2)ccc1C#CCN. The van der Waals surface area contributed by atoms with Crippen LogP contribution in [0.15, 0.2) is 35.7 Å². The molecule has 1 unspecified atom stereocenters. The smallest absolute Gasteiger partial charge is 0.251 e. The van der Waals surface area contributed by atoms with E-state index in [1.807, 2.05) is 43.5 Å². The quantitative estimate of drug-likeness (QED) is 0.856. The van der Waals surface area contributed by atoms with Crippen molar-refractivity contribution in [2.45, 2.75) is 19.9 Å².